The molecule has 0 bridgehead atoms. The van der Waals surface area contributed by atoms with Gasteiger partial charge >= 0.3 is 12.6 Å². The number of anilines is 1. The van der Waals surface area contributed by atoms with Crippen LogP contribution in [-0.2, 0) is 16.0 Å². The number of alkyl halides is 2. The minimum Gasteiger partial charge on any atom is -0.493 e. The minimum absolute atomic E-state index is 0.0119. The van der Waals surface area contributed by atoms with E-state index in [9.17, 15) is 23.5 Å². The maximum Gasteiger partial charge on any atom is 0.387 e. The second kappa shape index (κ2) is 10.1. The van der Waals surface area contributed by atoms with Gasteiger partial charge in [0.05, 0.1) is 41.5 Å². The van der Waals surface area contributed by atoms with Crippen LogP contribution in [0, 0.1) is 0 Å². The SMILES string of the molecule is CCOC(=O)Cc1ccc(N2C(=O)c3c(c(OCC)c4ccccc4c3OC(F)F)C2O)c(Cl)c1. The standard InChI is InChI=1S/C25H22ClF2NO6/c1-3-33-18(30)12-13-9-10-17(16(26)11-13)29-23(31)19-20(24(29)32)22(35-25(27)28)15-8-6-5-7-14(15)21(19)34-4-2/h5-11,23,25,31H,3-4,12H2,1-2H3. The molecule has 184 valence electrons. The Morgan fingerprint density at radius 1 is 1.11 bits per heavy atom. The summed E-state index contributed by atoms with van der Waals surface area (Å²) in [5.74, 6) is -1.38. The van der Waals surface area contributed by atoms with Crippen LogP contribution >= 0.6 is 11.6 Å². The first-order valence-electron chi connectivity index (χ1n) is 10.9. The molecule has 1 N–H and O–H groups in total. The first-order chi connectivity index (χ1) is 16.8. The molecule has 35 heavy (non-hydrogen) atoms. The van der Waals surface area contributed by atoms with Gasteiger partial charge in [0, 0.05) is 10.8 Å². The summed E-state index contributed by atoms with van der Waals surface area (Å²) < 4.78 is 42.3. The molecular weight excluding hydrogens is 484 g/mol. The molecule has 1 atom stereocenters. The molecule has 1 unspecified atom stereocenters. The van der Waals surface area contributed by atoms with Crippen molar-refractivity contribution in [1.29, 1.82) is 0 Å². The number of carbonyl (C=O) groups excluding carboxylic acids is 2. The molecule has 0 aliphatic carbocycles. The van der Waals surface area contributed by atoms with Crippen LogP contribution in [0.1, 0.15) is 41.6 Å². The molecule has 1 aliphatic heterocycles. The van der Waals surface area contributed by atoms with Crippen LogP contribution in [0.25, 0.3) is 10.8 Å². The van der Waals surface area contributed by atoms with Gasteiger partial charge in [-0.25, -0.2) is 0 Å². The monoisotopic (exact) mass is 505 g/mol. The average Bonchev–Trinajstić information content (AvgIpc) is 3.06. The number of nitrogens with zero attached hydrogens (tertiary/aromatic N) is 1. The summed E-state index contributed by atoms with van der Waals surface area (Å²) >= 11 is 6.43. The molecule has 1 amide bonds. The normalized spacial score (nSPS) is 15.0. The fraction of sp³-hybridized carbons (Fsp3) is 0.280. The lowest BCUT2D eigenvalue weighted by Gasteiger charge is -2.23. The number of ether oxygens (including phenoxy) is 3. The Balaban J connectivity index is 1.85. The molecule has 7 nitrogen and oxygen atoms in total. The van der Waals surface area contributed by atoms with Crippen molar-refractivity contribution in [2.24, 2.45) is 0 Å². The fourth-order valence-electron chi connectivity index (χ4n) is 4.20. The highest BCUT2D eigenvalue weighted by molar-refractivity contribution is 6.34. The van der Waals surface area contributed by atoms with Gasteiger partial charge in [-0.15, -0.1) is 0 Å². The Hall–Kier alpha value is -3.43. The zero-order valence-electron chi connectivity index (χ0n) is 18.9. The van der Waals surface area contributed by atoms with Crippen LogP contribution < -0.4 is 14.4 Å². The van der Waals surface area contributed by atoms with E-state index in [-0.39, 0.29) is 58.4 Å². The van der Waals surface area contributed by atoms with E-state index in [0.717, 1.165) is 4.90 Å². The van der Waals surface area contributed by atoms with Gasteiger partial charge in [0.1, 0.15) is 11.5 Å². The van der Waals surface area contributed by atoms with Crippen molar-refractivity contribution in [1.82, 2.24) is 0 Å². The van der Waals surface area contributed by atoms with Gasteiger partial charge in [-0.3, -0.25) is 14.5 Å². The average molecular weight is 506 g/mol. The smallest absolute Gasteiger partial charge is 0.387 e. The van der Waals surface area contributed by atoms with Crippen molar-refractivity contribution in [2.75, 3.05) is 18.1 Å². The highest BCUT2D eigenvalue weighted by atomic mass is 35.5. The molecule has 4 rings (SSSR count). The Bertz CT molecular complexity index is 1300. The third-order valence-electron chi connectivity index (χ3n) is 5.51. The van der Waals surface area contributed by atoms with E-state index in [4.69, 9.17) is 25.8 Å². The Labute approximate surface area is 204 Å². The number of halogens is 3. The largest absolute Gasteiger partial charge is 0.493 e. The second-order valence-corrected chi connectivity index (χ2v) is 8.03. The molecule has 0 spiro atoms. The molecule has 1 heterocycles. The van der Waals surface area contributed by atoms with Gasteiger partial charge in [-0.05, 0) is 31.5 Å². The number of hydrogen-bond donors (Lipinski definition) is 1. The molecule has 0 saturated carbocycles. The topological polar surface area (TPSA) is 85.3 Å². The maximum atomic E-state index is 13.6. The summed E-state index contributed by atoms with van der Waals surface area (Å²) in [5.41, 5.74) is 0.449. The van der Waals surface area contributed by atoms with E-state index >= 15 is 0 Å². The third kappa shape index (κ3) is 4.49. The summed E-state index contributed by atoms with van der Waals surface area (Å²) in [7, 11) is 0. The van der Waals surface area contributed by atoms with Crippen LogP contribution in [0.5, 0.6) is 11.5 Å². The van der Waals surface area contributed by atoms with Crippen molar-refractivity contribution in [3.05, 3.63) is 64.2 Å². The predicted octanol–water partition coefficient (Wildman–Crippen LogP) is 5.25. The van der Waals surface area contributed by atoms with Gasteiger partial charge in [-0.1, -0.05) is 41.9 Å². The molecule has 10 heteroatoms. The zero-order chi connectivity index (χ0) is 25.3. The van der Waals surface area contributed by atoms with Crippen molar-refractivity contribution < 1.29 is 37.7 Å². The number of aliphatic hydroxyl groups is 1. The lowest BCUT2D eigenvalue weighted by molar-refractivity contribution is -0.142. The number of benzene rings is 3. The van der Waals surface area contributed by atoms with E-state index < -0.39 is 24.7 Å². The molecule has 0 aromatic heterocycles. The van der Waals surface area contributed by atoms with E-state index in [1.54, 1.807) is 38.1 Å². The van der Waals surface area contributed by atoms with Crippen LogP contribution in [0.15, 0.2) is 42.5 Å². The summed E-state index contributed by atoms with van der Waals surface area (Å²) in [4.78, 5) is 26.3. The van der Waals surface area contributed by atoms with E-state index in [1.807, 2.05) is 0 Å². The summed E-state index contributed by atoms with van der Waals surface area (Å²) in [6.07, 6.45) is -1.62. The lowest BCUT2D eigenvalue weighted by Crippen LogP contribution is -2.28. The fourth-order valence-corrected chi connectivity index (χ4v) is 4.50. The summed E-state index contributed by atoms with van der Waals surface area (Å²) in [6.45, 7) is 0.653. The summed E-state index contributed by atoms with van der Waals surface area (Å²) in [5, 5.41) is 12.0. The predicted molar refractivity (Wildman–Crippen MR) is 125 cm³/mol. The highest BCUT2D eigenvalue weighted by Crippen LogP contribution is 2.51. The third-order valence-corrected chi connectivity index (χ3v) is 5.82. The number of hydrogen-bond acceptors (Lipinski definition) is 6. The minimum atomic E-state index is -3.20. The molecule has 3 aromatic rings. The van der Waals surface area contributed by atoms with Crippen molar-refractivity contribution in [2.45, 2.75) is 33.1 Å². The number of esters is 1. The maximum absolute atomic E-state index is 13.6. The number of aliphatic hydroxyl groups excluding tert-OH is 1. The number of fused-ring (bicyclic) bond motifs is 2. The molecular formula is C25H22ClF2NO6. The Morgan fingerprint density at radius 3 is 2.40 bits per heavy atom. The number of amides is 1. The zero-order valence-corrected chi connectivity index (χ0v) is 19.6. The molecule has 1 aliphatic rings. The molecule has 0 radical (unpaired) electrons. The molecule has 3 aromatic carbocycles. The Morgan fingerprint density at radius 2 is 1.80 bits per heavy atom. The van der Waals surface area contributed by atoms with Crippen LogP contribution in [-0.4, -0.2) is 36.8 Å². The number of rotatable bonds is 8. The Kier molecular flexibility index (Phi) is 7.09. The van der Waals surface area contributed by atoms with E-state index in [2.05, 4.69) is 0 Å². The molecule has 0 fully saturated rings. The van der Waals surface area contributed by atoms with Gasteiger partial charge in [0.2, 0.25) is 0 Å². The van der Waals surface area contributed by atoms with Gasteiger partial charge in [0.15, 0.2) is 6.23 Å². The quantitative estimate of drug-likeness (QED) is 0.421. The number of carbonyl (C=O) groups is 2. The second-order valence-electron chi connectivity index (χ2n) is 7.62. The van der Waals surface area contributed by atoms with Gasteiger partial charge in [-0.2, -0.15) is 8.78 Å². The lowest BCUT2D eigenvalue weighted by atomic mass is 9.98. The van der Waals surface area contributed by atoms with Crippen LogP contribution in [0.3, 0.4) is 0 Å². The first kappa shape index (κ1) is 24.7. The highest BCUT2D eigenvalue weighted by Gasteiger charge is 2.44. The van der Waals surface area contributed by atoms with Crippen molar-refractivity contribution in [3.8, 4) is 11.5 Å². The van der Waals surface area contributed by atoms with Crippen molar-refractivity contribution >= 4 is 39.9 Å². The first-order valence-corrected chi connectivity index (χ1v) is 11.3. The van der Waals surface area contributed by atoms with Crippen molar-refractivity contribution in [3.63, 3.8) is 0 Å². The van der Waals surface area contributed by atoms with Gasteiger partial charge in [0.25, 0.3) is 5.91 Å². The van der Waals surface area contributed by atoms with Crippen LogP contribution in [0.4, 0.5) is 14.5 Å². The van der Waals surface area contributed by atoms with E-state index in [1.165, 1.54) is 18.2 Å². The van der Waals surface area contributed by atoms with Crippen LogP contribution in [0.2, 0.25) is 5.02 Å². The van der Waals surface area contributed by atoms with E-state index in [0.29, 0.717) is 10.9 Å². The molecule has 0 saturated heterocycles. The van der Waals surface area contributed by atoms with Gasteiger partial charge < -0.3 is 19.3 Å². The summed E-state index contributed by atoms with van der Waals surface area (Å²) in [6, 6.07) is 11.0.